The van der Waals surface area contributed by atoms with Crippen molar-refractivity contribution in [3.05, 3.63) is 47.7 Å². The molecule has 4 rings (SSSR count). The van der Waals surface area contributed by atoms with Crippen molar-refractivity contribution in [1.82, 2.24) is 20.2 Å². The molecule has 0 radical (unpaired) electrons. The number of aryl methyl sites for hydroxylation is 1. The van der Waals surface area contributed by atoms with E-state index >= 15 is 0 Å². The van der Waals surface area contributed by atoms with Crippen LogP contribution in [0, 0.1) is 12.8 Å². The van der Waals surface area contributed by atoms with E-state index in [1.165, 1.54) is 11.3 Å². The van der Waals surface area contributed by atoms with E-state index in [9.17, 15) is 4.79 Å². The summed E-state index contributed by atoms with van der Waals surface area (Å²) in [5.41, 5.74) is 2.65. The number of nitrogens with one attached hydrogen (secondary N) is 1. The molecule has 1 N–H and O–H groups in total. The SMILES string of the molecule is Cc1csc(NC(=O)C2CCCN(c3ccc(-c4cccnc4)nn3)C2)n1. The summed E-state index contributed by atoms with van der Waals surface area (Å²) in [6.45, 7) is 3.43. The second kappa shape index (κ2) is 7.79. The largest absolute Gasteiger partial charge is 0.354 e. The summed E-state index contributed by atoms with van der Waals surface area (Å²) >= 11 is 1.45. The predicted molar refractivity (Wildman–Crippen MR) is 106 cm³/mol. The van der Waals surface area contributed by atoms with Crippen molar-refractivity contribution in [2.45, 2.75) is 19.8 Å². The fraction of sp³-hybridized carbons (Fsp3) is 0.316. The summed E-state index contributed by atoms with van der Waals surface area (Å²) in [6.07, 6.45) is 5.32. The number of carbonyl (C=O) groups excluding carboxylic acids is 1. The number of amides is 1. The molecular weight excluding hydrogens is 360 g/mol. The molecular formula is C19H20N6OS. The molecule has 27 heavy (non-hydrogen) atoms. The highest BCUT2D eigenvalue weighted by molar-refractivity contribution is 7.13. The van der Waals surface area contributed by atoms with Crippen LogP contribution in [-0.2, 0) is 4.79 Å². The topological polar surface area (TPSA) is 83.9 Å². The van der Waals surface area contributed by atoms with Crippen molar-refractivity contribution in [3.63, 3.8) is 0 Å². The van der Waals surface area contributed by atoms with Crippen LogP contribution in [0.15, 0.2) is 42.0 Å². The Labute approximate surface area is 161 Å². The molecule has 3 aromatic heterocycles. The van der Waals surface area contributed by atoms with Crippen LogP contribution < -0.4 is 10.2 Å². The molecule has 1 amide bonds. The second-order valence-electron chi connectivity index (χ2n) is 6.59. The van der Waals surface area contributed by atoms with Crippen molar-refractivity contribution in [3.8, 4) is 11.3 Å². The number of pyridine rings is 1. The van der Waals surface area contributed by atoms with Crippen LogP contribution in [0.2, 0.25) is 0 Å². The number of anilines is 2. The molecule has 1 aliphatic rings. The third kappa shape index (κ3) is 4.11. The highest BCUT2D eigenvalue weighted by atomic mass is 32.1. The Bertz CT molecular complexity index is 911. The van der Waals surface area contributed by atoms with Gasteiger partial charge in [-0.1, -0.05) is 0 Å². The van der Waals surface area contributed by atoms with Gasteiger partial charge in [-0.25, -0.2) is 4.98 Å². The van der Waals surface area contributed by atoms with Gasteiger partial charge in [-0.2, -0.15) is 0 Å². The number of aromatic nitrogens is 4. The van der Waals surface area contributed by atoms with Gasteiger partial charge in [0.1, 0.15) is 0 Å². The fourth-order valence-electron chi connectivity index (χ4n) is 3.18. The third-order valence-corrected chi connectivity index (χ3v) is 5.45. The molecule has 0 saturated carbocycles. The first-order valence-electron chi connectivity index (χ1n) is 8.91. The van der Waals surface area contributed by atoms with E-state index in [0.717, 1.165) is 42.2 Å². The van der Waals surface area contributed by atoms with Crippen LogP contribution in [0.5, 0.6) is 0 Å². The number of rotatable bonds is 4. The molecule has 4 heterocycles. The van der Waals surface area contributed by atoms with Gasteiger partial charge in [0.05, 0.1) is 17.3 Å². The molecule has 1 fully saturated rings. The summed E-state index contributed by atoms with van der Waals surface area (Å²) in [4.78, 5) is 23.1. The minimum absolute atomic E-state index is 0.0222. The van der Waals surface area contributed by atoms with Crippen molar-refractivity contribution < 1.29 is 4.79 Å². The molecule has 1 atom stereocenters. The summed E-state index contributed by atoms with van der Waals surface area (Å²) < 4.78 is 0. The van der Waals surface area contributed by atoms with Crippen molar-refractivity contribution >= 4 is 28.2 Å². The second-order valence-corrected chi connectivity index (χ2v) is 7.45. The molecule has 138 valence electrons. The smallest absolute Gasteiger partial charge is 0.231 e. The quantitative estimate of drug-likeness (QED) is 0.748. The number of piperidine rings is 1. The lowest BCUT2D eigenvalue weighted by molar-refractivity contribution is -0.120. The molecule has 7 nitrogen and oxygen atoms in total. The zero-order chi connectivity index (χ0) is 18.6. The van der Waals surface area contributed by atoms with E-state index in [1.54, 1.807) is 12.4 Å². The molecule has 8 heteroatoms. The first kappa shape index (κ1) is 17.5. The van der Waals surface area contributed by atoms with Crippen LogP contribution in [0.1, 0.15) is 18.5 Å². The lowest BCUT2D eigenvalue weighted by Gasteiger charge is -2.32. The number of hydrogen-bond acceptors (Lipinski definition) is 7. The normalized spacial score (nSPS) is 16.9. The van der Waals surface area contributed by atoms with Crippen molar-refractivity contribution in [2.75, 3.05) is 23.3 Å². The highest BCUT2D eigenvalue weighted by Crippen LogP contribution is 2.24. The lowest BCUT2D eigenvalue weighted by atomic mass is 9.97. The Morgan fingerprint density at radius 2 is 2.22 bits per heavy atom. The van der Waals surface area contributed by atoms with Gasteiger partial charge >= 0.3 is 0 Å². The molecule has 3 aromatic rings. The molecule has 1 aliphatic heterocycles. The minimum atomic E-state index is -0.0808. The number of carbonyl (C=O) groups is 1. The standard InChI is InChI=1S/C19H20N6OS/c1-13-12-27-19(21-13)22-18(26)15-5-3-9-25(11-15)17-7-6-16(23-24-17)14-4-2-8-20-10-14/h2,4,6-8,10,12,15H,3,5,9,11H2,1H3,(H,21,22,26). The van der Waals surface area contributed by atoms with Crippen molar-refractivity contribution in [1.29, 1.82) is 0 Å². The van der Waals surface area contributed by atoms with Gasteiger partial charge in [0, 0.05) is 36.4 Å². The van der Waals surface area contributed by atoms with Gasteiger partial charge in [-0.3, -0.25) is 9.78 Å². The van der Waals surface area contributed by atoms with Crippen LogP contribution in [0.3, 0.4) is 0 Å². The van der Waals surface area contributed by atoms with E-state index in [4.69, 9.17) is 0 Å². The molecule has 0 aliphatic carbocycles. The summed E-state index contributed by atoms with van der Waals surface area (Å²) in [5, 5.41) is 14.2. The van der Waals surface area contributed by atoms with Crippen LogP contribution in [0.25, 0.3) is 11.3 Å². The Kier molecular flexibility index (Phi) is 5.06. The molecule has 1 saturated heterocycles. The maximum atomic E-state index is 12.6. The van der Waals surface area contributed by atoms with Crippen LogP contribution in [0.4, 0.5) is 10.9 Å². The Hall–Kier alpha value is -2.87. The monoisotopic (exact) mass is 380 g/mol. The van der Waals surface area contributed by atoms with Crippen LogP contribution in [-0.4, -0.2) is 39.2 Å². The average molecular weight is 380 g/mol. The average Bonchev–Trinajstić information content (AvgIpc) is 3.13. The Balaban J connectivity index is 1.42. The van der Waals surface area contributed by atoms with Gasteiger partial charge in [0.2, 0.25) is 5.91 Å². The molecule has 1 unspecified atom stereocenters. The van der Waals surface area contributed by atoms with Gasteiger partial charge in [-0.05, 0) is 44.0 Å². The summed E-state index contributed by atoms with van der Waals surface area (Å²) in [7, 11) is 0. The minimum Gasteiger partial charge on any atom is -0.354 e. The Morgan fingerprint density at radius 1 is 1.30 bits per heavy atom. The first-order valence-corrected chi connectivity index (χ1v) is 9.79. The highest BCUT2D eigenvalue weighted by Gasteiger charge is 2.27. The lowest BCUT2D eigenvalue weighted by Crippen LogP contribution is -2.41. The number of nitrogens with zero attached hydrogens (tertiary/aromatic N) is 5. The van der Waals surface area contributed by atoms with E-state index < -0.39 is 0 Å². The van der Waals surface area contributed by atoms with E-state index in [2.05, 4.69) is 30.4 Å². The molecule has 0 spiro atoms. The van der Waals surface area contributed by atoms with Gasteiger partial charge < -0.3 is 10.2 Å². The predicted octanol–water partition coefficient (Wildman–Crippen LogP) is 3.16. The van der Waals surface area contributed by atoms with Gasteiger partial charge in [0.15, 0.2) is 10.9 Å². The van der Waals surface area contributed by atoms with Crippen molar-refractivity contribution in [2.24, 2.45) is 5.92 Å². The zero-order valence-electron chi connectivity index (χ0n) is 15.0. The van der Waals surface area contributed by atoms with E-state index in [0.29, 0.717) is 11.7 Å². The zero-order valence-corrected chi connectivity index (χ0v) is 15.8. The van der Waals surface area contributed by atoms with Crippen LogP contribution >= 0.6 is 11.3 Å². The maximum absolute atomic E-state index is 12.6. The number of thiazole rings is 1. The number of hydrogen-bond donors (Lipinski definition) is 1. The summed E-state index contributed by atoms with van der Waals surface area (Å²) in [5.74, 6) is 0.738. The van der Waals surface area contributed by atoms with Gasteiger partial charge in [-0.15, -0.1) is 21.5 Å². The molecule has 0 aromatic carbocycles. The maximum Gasteiger partial charge on any atom is 0.231 e. The van der Waals surface area contributed by atoms with Gasteiger partial charge in [0.25, 0.3) is 0 Å². The fourth-order valence-corrected chi connectivity index (χ4v) is 3.87. The van der Waals surface area contributed by atoms with E-state index in [1.807, 2.05) is 36.6 Å². The summed E-state index contributed by atoms with van der Waals surface area (Å²) in [6, 6.07) is 7.74. The third-order valence-electron chi connectivity index (χ3n) is 4.57. The van der Waals surface area contributed by atoms with E-state index in [-0.39, 0.29) is 11.8 Å². The molecule has 0 bridgehead atoms. The first-order chi connectivity index (χ1) is 13.2. The Morgan fingerprint density at radius 3 is 2.93 bits per heavy atom.